The molecule has 4 heteroatoms. The second kappa shape index (κ2) is 11.2. The van der Waals surface area contributed by atoms with Gasteiger partial charge in [-0.3, -0.25) is 0 Å². The normalized spacial score (nSPS) is 7.56. The first kappa shape index (κ1) is 12.1. The number of carboxylic acids is 1. The summed E-state index contributed by atoms with van der Waals surface area (Å²) in [6.07, 6.45) is 1.03. The summed E-state index contributed by atoms with van der Waals surface area (Å²) in [6, 6.07) is 0. The molecule has 0 aromatic rings. The first-order valence-corrected chi connectivity index (χ1v) is 6.61. The number of carbonyl (C=O) groups is 1. The molecule has 0 unspecified atom stereocenters. The second-order valence-electron chi connectivity index (χ2n) is 1.42. The van der Waals surface area contributed by atoms with E-state index in [0.29, 0.717) is 6.61 Å². The number of aliphatic hydroxyl groups excluding tert-OH is 1. The van der Waals surface area contributed by atoms with E-state index in [1.54, 1.807) is 0 Å². The minimum atomic E-state index is -1.08. The van der Waals surface area contributed by atoms with Gasteiger partial charge in [-0.1, -0.05) is 0 Å². The molecule has 1 N–H and O–H groups in total. The van der Waals surface area contributed by atoms with E-state index in [1.165, 1.54) is 3.93 Å². The molecule has 0 spiro atoms. The van der Waals surface area contributed by atoms with Crippen molar-refractivity contribution in [3.63, 3.8) is 0 Å². The van der Waals surface area contributed by atoms with Gasteiger partial charge < -0.3 is 9.90 Å². The predicted molar refractivity (Wildman–Crippen MR) is 27.2 cm³/mol. The Labute approximate surface area is 71.0 Å². The maximum absolute atomic E-state index is 8.89. The molecular weight excluding hydrogens is 309 g/mol. The van der Waals surface area contributed by atoms with Crippen LogP contribution in [0.5, 0.6) is 0 Å². The molecule has 0 saturated carbocycles. The third-order valence-electron chi connectivity index (χ3n) is 0.408. The van der Waals surface area contributed by atoms with Crippen molar-refractivity contribution in [3.05, 3.63) is 0 Å². The fraction of sp³-hybridized carbons (Fsp3) is 0.800. The van der Waals surface area contributed by atoms with Crippen molar-refractivity contribution in [3.8, 4) is 0 Å². The molecule has 0 saturated heterocycles. The summed E-state index contributed by atoms with van der Waals surface area (Å²) in [5.74, 6) is -1.08. The maximum atomic E-state index is 8.89. The summed E-state index contributed by atoms with van der Waals surface area (Å²) in [4.78, 5) is 8.89. The number of rotatable bonds is 2. The summed E-state index contributed by atoms with van der Waals surface area (Å²) in [7, 11) is 0. The monoisotopic (exact) mass is 320 g/mol. The van der Waals surface area contributed by atoms with E-state index in [2.05, 4.69) is 0 Å². The van der Waals surface area contributed by atoms with Gasteiger partial charge in [0.05, 0.1) is 0 Å². The van der Waals surface area contributed by atoms with E-state index in [-0.39, 0.29) is 0 Å². The van der Waals surface area contributed by atoms with Gasteiger partial charge in [0.25, 0.3) is 0 Å². The first-order valence-electron chi connectivity index (χ1n) is 2.72. The summed E-state index contributed by atoms with van der Waals surface area (Å²) in [5.41, 5.74) is 0. The quantitative estimate of drug-likeness (QED) is 0.671. The van der Waals surface area contributed by atoms with E-state index >= 15 is 0 Å². The third kappa shape index (κ3) is 60.6. The number of hydrogen-bond acceptors (Lipinski definition) is 3. The van der Waals surface area contributed by atoms with Crippen LogP contribution in [-0.4, -0.2) is 17.7 Å². The molecule has 0 fully saturated rings. The van der Waals surface area contributed by atoms with Crippen molar-refractivity contribution in [1.29, 1.82) is 0 Å². The van der Waals surface area contributed by atoms with Gasteiger partial charge in [-0.15, -0.1) is 0 Å². The molecule has 9 heavy (non-hydrogen) atoms. The van der Waals surface area contributed by atoms with Gasteiger partial charge in [0.15, 0.2) is 0 Å². The van der Waals surface area contributed by atoms with Crippen LogP contribution in [-0.2, 0) is 30.9 Å². The van der Waals surface area contributed by atoms with Crippen molar-refractivity contribution in [2.45, 2.75) is 17.3 Å². The van der Waals surface area contributed by atoms with Gasteiger partial charge in [0.1, 0.15) is 0 Å². The van der Waals surface area contributed by atoms with Gasteiger partial charge in [0.2, 0.25) is 0 Å². The summed E-state index contributed by atoms with van der Waals surface area (Å²) < 4.78 is 1.29. The predicted octanol–water partition coefficient (Wildman–Crippen LogP) is -0.910. The number of aliphatic carboxylic acids is 1. The van der Waals surface area contributed by atoms with Crippen LogP contribution < -0.4 is 5.11 Å². The van der Waals surface area contributed by atoms with Crippen LogP contribution in [0, 0.1) is 0 Å². The zero-order chi connectivity index (χ0) is 7.70. The van der Waals surface area contributed by atoms with Crippen LogP contribution >= 0.6 is 0 Å². The second-order valence-corrected chi connectivity index (χ2v) is 4.17. The minimum absolute atomic E-state index is 0.392. The van der Waals surface area contributed by atoms with Crippen LogP contribution in [0.15, 0.2) is 0 Å². The molecule has 0 aliphatic rings. The number of aliphatic hydroxyl groups is 1. The molecule has 0 aromatic heterocycles. The first-order chi connectivity index (χ1) is 4.15. The van der Waals surface area contributed by atoms with Crippen LogP contribution in [0.3, 0.4) is 0 Å². The van der Waals surface area contributed by atoms with Crippen LogP contribution in [0.4, 0.5) is 0 Å². The SMILES string of the molecule is CC(=O)[O-].OCC[CH2][Hg+]. The van der Waals surface area contributed by atoms with Gasteiger partial charge in [-0.05, 0) is 6.92 Å². The Morgan fingerprint density at radius 2 is 2.11 bits per heavy atom. The number of carbonyl (C=O) groups excluding carboxylic acids is 1. The van der Waals surface area contributed by atoms with E-state index in [0.717, 1.165) is 39.5 Å². The summed E-state index contributed by atoms with van der Waals surface area (Å²) >= 11 is 0.913. The van der Waals surface area contributed by atoms with Crippen LogP contribution in [0.1, 0.15) is 13.3 Å². The average Bonchev–Trinajstić information content (AvgIpc) is 1.66. The Morgan fingerprint density at radius 3 is 2.11 bits per heavy atom. The molecule has 0 bridgehead atoms. The van der Waals surface area contributed by atoms with Gasteiger partial charge in [-0.25, -0.2) is 0 Å². The molecule has 0 amide bonds. The van der Waals surface area contributed by atoms with E-state index in [9.17, 15) is 0 Å². The fourth-order valence-electron chi connectivity index (χ4n) is 0.112. The molecule has 0 rings (SSSR count). The number of carboxylic acid groups (broad SMARTS) is 1. The van der Waals surface area contributed by atoms with Crippen molar-refractivity contribution in [2.24, 2.45) is 0 Å². The Morgan fingerprint density at radius 1 is 1.78 bits per heavy atom. The molecule has 0 aromatic carbocycles. The molecule has 3 nitrogen and oxygen atoms in total. The Hall–Kier alpha value is 0.365. The van der Waals surface area contributed by atoms with Crippen molar-refractivity contribution in [2.75, 3.05) is 6.61 Å². The van der Waals surface area contributed by atoms with E-state index < -0.39 is 5.97 Å². The standard InChI is InChI=1S/C3H7O.C2H4O2.Hg/c1-2-3-4;1-2(3)4;/h4H,1-3H2;1H3,(H,3,4);/q;;+1/p-1. The molecule has 50 valence electrons. The molecule has 0 aliphatic carbocycles. The van der Waals surface area contributed by atoms with Gasteiger partial charge in [0, 0.05) is 5.97 Å². The molecule has 0 radical (unpaired) electrons. The van der Waals surface area contributed by atoms with Gasteiger partial charge >= 0.3 is 48.2 Å². The van der Waals surface area contributed by atoms with Crippen molar-refractivity contribution >= 4 is 5.97 Å². The molecule has 0 heterocycles. The molecular formula is C5H10HgO3. The Balaban J connectivity index is 0. The zero-order valence-corrected chi connectivity index (χ0v) is 11.1. The Kier molecular flexibility index (Phi) is 15.0. The van der Waals surface area contributed by atoms with Crippen LogP contribution in [0.2, 0.25) is 3.93 Å². The summed E-state index contributed by atoms with van der Waals surface area (Å²) in [5, 5.41) is 17.0. The molecule has 0 atom stereocenters. The van der Waals surface area contributed by atoms with Crippen molar-refractivity contribution < 1.29 is 41.1 Å². The summed E-state index contributed by atoms with van der Waals surface area (Å²) in [6.45, 7) is 1.36. The van der Waals surface area contributed by atoms with Crippen LogP contribution in [0.25, 0.3) is 0 Å². The van der Waals surface area contributed by atoms with E-state index in [1.807, 2.05) is 0 Å². The zero-order valence-electron chi connectivity index (χ0n) is 5.59. The fourth-order valence-corrected chi connectivity index (χ4v) is 0.981. The van der Waals surface area contributed by atoms with Crippen molar-refractivity contribution in [1.82, 2.24) is 0 Å². The van der Waals surface area contributed by atoms with E-state index in [4.69, 9.17) is 15.0 Å². The molecule has 0 aliphatic heterocycles. The Bertz CT molecular complexity index is 59.2. The third-order valence-corrected chi connectivity index (χ3v) is 2.35. The average molecular weight is 319 g/mol. The van der Waals surface area contributed by atoms with Gasteiger partial charge in [-0.2, -0.15) is 0 Å². The topological polar surface area (TPSA) is 60.4 Å². The number of hydrogen-bond donors (Lipinski definition) is 1.